The lowest BCUT2D eigenvalue weighted by atomic mass is 10.2. The van der Waals surface area contributed by atoms with Crippen LogP contribution in [0.3, 0.4) is 0 Å². The first-order valence-corrected chi connectivity index (χ1v) is 11.1. The predicted octanol–water partition coefficient (Wildman–Crippen LogP) is 5.43. The van der Waals surface area contributed by atoms with Crippen LogP contribution in [0.2, 0.25) is 0 Å². The third kappa shape index (κ3) is 4.18. The highest BCUT2D eigenvalue weighted by atomic mass is 32.2. The molecule has 5 nitrogen and oxygen atoms in total. The second-order valence-corrected chi connectivity index (χ2v) is 8.67. The maximum atomic E-state index is 12.3. The molecule has 4 aromatic heterocycles. The van der Waals surface area contributed by atoms with Gasteiger partial charge in [-0.3, -0.25) is 4.79 Å². The Morgan fingerprint density at radius 1 is 1.22 bits per heavy atom. The van der Waals surface area contributed by atoms with Crippen molar-refractivity contribution in [3.63, 3.8) is 0 Å². The molecule has 4 heterocycles. The van der Waals surface area contributed by atoms with Gasteiger partial charge in [-0.05, 0) is 41.9 Å². The van der Waals surface area contributed by atoms with E-state index >= 15 is 0 Å². The standard InChI is InChI=1S/C19H17N3O2S3/c1-12(13-5-2-8-24-13)20-16(23)11-27-19-21-17(14-6-3-9-25-14)18(22-19)15-7-4-10-26-15/h2-10,12H,11H2,1H3,(H,20,23)(H,21,22)/t12-/m0/s1. The van der Waals surface area contributed by atoms with Crippen LogP contribution < -0.4 is 5.32 Å². The maximum Gasteiger partial charge on any atom is 0.231 e. The summed E-state index contributed by atoms with van der Waals surface area (Å²) in [5.41, 5.74) is 1.93. The van der Waals surface area contributed by atoms with Crippen LogP contribution in [0, 0.1) is 0 Å². The summed E-state index contributed by atoms with van der Waals surface area (Å²) in [5, 5.41) is 7.76. The lowest BCUT2D eigenvalue weighted by Gasteiger charge is -2.10. The fraction of sp³-hybridized carbons (Fsp3) is 0.158. The quantitative estimate of drug-likeness (QED) is 0.395. The molecule has 0 aliphatic rings. The van der Waals surface area contributed by atoms with Crippen molar-refractivity contribution in [1.82, 2.24) is 15.3 Å². The zero-order chi connectivity index (χ0) is 18.6. The molecule has 0 radical (unpaired) electrons. The van der Waals surface area contributed by atoms with Crippen LogP contribution in [0.25, 0.3) is 21.1 Å². The highest BCUT2D eigenvalue weighted by Gasteiger charge is 2.17. The molecule has 0 saturated heterocycles. The van der Waals surface area contributed by atoms with Gasteiger partial charge >= 0.3 is 0 Å². The fourth-order valence-corrected chi connectivity index (χ4v) is 4.76. The number of hydrogen-bond donors (Lipinski definition) is 2. The summed E-state index contributed by atoms with van der Waals surface area (Å²) in [5.74, 6) is 0.966. The molecule has 0 saturated carbocycles. The van der Waals surface area contributed by atoms with E-state index in [0.717, 1.165) is 32.1 Å². The number of carbonyl (C=O) groups is 1. The minimum absolute atomic E-state index is 0.0596. The van der Waals surface area contributed by atoms with E-state index in [4.69, 9.17) is 9.40 Å². The van der Waals surface area contributed by atoms with Crippen LogP contribution in [0.1, 0.15) is 18.7 Å². The van der Waals surface area contributed by atoms with Gasteiger partial charge in [-0.25, -0.2) is 4.98 Å². The molecule has 1 amide bonds. The normalized spacial score (nSPS) is 12.2. The summed E-state index contributed by atoms with van der Waals surface area (Å²) in [6, 6.07) is 11.7. The van der Waals surface area contributed by atoms with Gasteiger partial charge < -0.3 is 14.7 Å². The van der Waals surface area contributed by atoms with Crippen molar-refractivity contribution in [2.75, 3.05) is 5.75 Å². The van der Waals surface area contributed by atoms with Gasteiger partial charge in [-0.2, -0.15) is 0 Å². The number of hydrogen-bond acceptors (Lipinski definition) is 6. The first-order valence-electron chi connectivity index (χ1n) is 8.34. The third-order valence-electron chi connectivity index (χ3n) is 3.89. The lowest BCUT2D eigenvalue weighted by molar-refractivity contribution is -0.119. The van der Waals surface area contributed by atoms with E-state index in [2.05, 4.69) is 22.4 Å². The average Bonchev–Trinajstić information content (AvgIpc) is 3.47. The van der Waals surface area contributed by atoms with Crippen LogP contribution in [0.4, 0.5) is 0 Å². The molecule has 8 heteroatoms. The van der Waals surface area contributed by atoms with Gasteiger partial charge in [-0.1, -0.05) is 23.9 Å². The lowest BCUT2D eigenvalue weighted by Crippen LogP contribution is -2.27. The molecule has 4 rings (SSSR count). The van der Waals surface area contributed by atoms with Gasteiger partial charge in [0.2, 0.25) is 5.91 Å². The molecule has 0 bridgehead atoms. The SMILES string of the molecule is C[C@H](NC(=O)CSc1nc(-c2cccs2)c(-c2cccs2)[nH]1)c1ccco1. The summed E-state index contributed by atoms with van der Waals surface area (Å²) in [6.45, 7) is 1.90. The van der Waals surface area contributed by atoms with Crippen LogP contribution in [0.5, 0.6) is 0 Å². The van der Waals surface area contributed by atoms with Gasteiger partial charge in [0.05, 0.1) is 33.5 Å². The highest BCUT2D eigenvalue weighted by molar-refractivity contribution is 7.99. The van der Waals surface area contributed by atoms with Crippen LogP contribution in [-0.2, 0) is 4.79 Å². The number of thiophene rings is 2. The van der Waals surface area contributed by atoms with Gasteiger partial charge in [0.25, 0.3) is 0 Å². The topological polar surface area (TPSA) is 70.9 Å². The number of H-pyrrole nitrogens is 1. The summed E-state index contributed by atoms with van der Waals surface area (Å²) < 4.78 is 5.32. The number of imidazole rings is 1. The van der Waals surface area contributed by atoms with Gasteiger partial charge in [0, 0.05) is 0 Å². The molecule has 0 spiro atoms. The van der Waals surface area contributed by atoms with Crippen molar-refractivity contribution < 1.29 is 9.21 Å². The van der Waals surface area contributed by atoms with Gasteiger partial charge in [0.15, 0.2) is 5.16 Å². The number of aromatic nitrogens is 2. The van der Waals surface area contributed by atoms with E-state index in [9.17, 15) is 4.79 Å². The Labute approximate surface area is 168 Å². The molecule has 0 aromatic carbocycles. The monoisotopic (exact) mass is 415 g/mol. The Bertz CT molecular complexity index is 938. The van der Waals surface area contributed by atoms with Crippen molar-refractivity contribution >= 4 is 40.3 Å². The largest absolute Gasteiger partial charge is 0.467 e. The van der Waals surface area contributed by atoms with Crippen molar-refractivity contribution in [2.24, 2.45) is 0 Å². The number of thioether (sulfide) groups is 1. The number of amides is 1. The van der Waals surface area contributed by atoms with Crippen molar-refractivity contribution in [2.45, 2.75) is 18.1 Å². The van der Waals surface area contributed by atoms with Crippen molar-refractivity contribution in [1.29, 1.82) is 0 Å². The minimum atomic E-state index is -0.159. The molecule has 138 valence electrons. The van der Waals surface area contributed by atoms with E-state index in [1.165, 1.54) is 11.8 Å². The Morgan fingerprint density at radius 2 is 2.00 bits per heavy atom. The first kappa shape index (κ1) is 18.1. The minimum Gasteiger partial charge on any atom is -0.467 e. The van der Waals surface area contributed by atoms with E-state index < -0.39 is 0 Å². The number of rotatable bonds is 7. The number of nitrogens with one attached hydrogen (secondary N) is 2. The molecular formula is C19H17N3O2S3. The molecule has 0 aliphatic heterocycles. The second kappa shape index (κ2) is 8.16. The summed E-state index contributed by atoms with van der Waals surface area (Å²) in [6.07, 6.45) is 1.60. The number of nitrogens with zero attached hydrogens (tertiary/aromatic N) is 1. The predicted molar refractivity (Wildman–Crippen MR) is 111 cm³/mol. The second-order valence-electron chi connectivity index (χ2n) is 5.81. The molecule has 1 atom stereocenters. The van der Waals surface area contributed by atoms with E-state index in [0.29, 0.717) is 0 Å². The van der Waals surface area contributed by atoms with Gasteiger partial charge in [0.1, 0.15) is 11.5 Å². The smallest absolute Gasteiger partial charge is 0.231 e. The average molecular weight is 416 g/mol. The highest BCUT2D eigenvalue weighted by Crippen LogP contribution is 2.36. The molecule has 4 aromatic rings. The van der Waals surface area contributed by atoms with Crippen molar-refractivity contribution in [3.8, 4) is 21.1 Å². The Balaban J connectivity index is 1.46. The Morgan fingerprint density at radius 3 is 2.67 bits per heavy atom. The van der Waals surface area contributed by atoms with E-state index in [1.54, 1.807) is 28.9 Å². The molecule has 27 heavy (non-hydrogen) atoms. The molecule has 2 N–H and O–H groups in total. The zero-order valence-electron chi connectivity index (χ0n) is 14.5. The Hall–Kier alpha value is -2.29. The van der Waals surface area contributed by atoms with Crippen LogP contribution >= 0.6 is 34.4 Å². The zero-order valence-corrected chi connectivity index (χ0v) is 16.9. The van der Waals surface area contributed by atoms with E-state index in [1.807, 2.05) is 41.9 Å². The maximum absolute atomic E-state index is 12.3. The number of aromatic amines is 1. The number of carbonyl (C=O) groups excluding carboxylic acids is 1. The summed E-state index contributed by atoms with van der Waals surface area (Å²) >= 11 is 4.72. The summed E-state index contributed by atoms with van der Waals surface area (Å²) in [4.78, 5) is 22.6. The van der Waals surface area contributed by atoms with E-state index in [-0.39, 0.29) is 17.7 Å². The Kier molecular flexibility index (Phi) is 5.47. The van der Waals surface area contributed by atoms with Crippen LogP contribution in [-0.4, -0.2) is 21.6 Å². The molecule has 0 unspecified atom stereocenters. The van der Waals surface area contributed by atoms with Gasteiger partial charge in [-0.15, -0.1) is 22.7 Å². The first-order chi connectivity index (χ1) is 13.2. The van der Waals surface area contributed by atoms with Crippen molar-refractivity contribution in [3.05, 3.63) is 59.2 Å². The summed E-state index contributed by atoms with van der Waals surface area (Å²) in [7, 11) is 0. The third-order valence-corrected chi connectivity index (χ3v) is 6.53. The molecular weight excluding hydrogens is 398 g/mol. The fourth-order valence-electron chi connectivity index (χ4n) is 2.64. The number of furan rings is 1. The molecule has 0 aliphatic carbocycles. The van der Waals surface area contributed by atoms with Crippen LogP contribution in [0.15, 0.2) is 63.0 Å². The molecule has 0 fully saturated rings.